The van der Waals surface area contributed by atoms with Crippen molar-refractivity contribution < 1.29 is 19.1 Å². The Balaban J connectivity index is 1.40. The molecule has 3 rings (SSSR count). The molecule has 0 spiro atoms. The summed E-state index contributed by atoms with van der Waals surface area (Å²) in [5.74, 6) is -0.0965. The Labute approximate surface area is 247 Å². The third-order valence-corrected chi connectivity index (χ3v) is 7.72. The van der Waals surface area contributed by atoms with E-state index in [4.69, 9.17) is 9.47 Å². The lowest BCUT2D eigenvalue weighted by molar-refractivity contribution is 0.0447. The summed E-state index contributed by atoms with van der Waals surface area (Å²) in [6.07, 6.45) is 15.7. The molecule has 41 heavy (non-hydrogen) atoms. The van der Waals surface area contributed by atoms with Crippen LogP contribution in [0.15, 0.2) is 72.8 Å². The zero-order chi connectivity index (χ0) is 29.3. The van der Waals surface area contributed by atoms with Gasteiger partial charge in [-0.3, -0.25) is 0 Å². The van der Waals surface area contributed by atoms with Gasteiger partial charge in [-0.1, -0.05) is 121 Å². The number of hydrogen-bond donors (Lipinski definition) is 0. The van der Waals surface area contributed by atoms with Gasteiger partial charge in [0.15, 0.2) is 0 Å². The summed E-state index contributed by atoms with van der Waals surface area (Å²) in [6.45, 7) is 6.77. The minimum atomic E-state index is -0.435. The number of carbonyl (C=O) groups is 2. The smallest absolute Gasteiger partial charge is 0.343 e. The SMILES string of the molecule is CCCCCCCCCCCCc1ccc(-c2ccc(C(=O)Oc3ccc(C(=O)OCC(C)CC)cc3)cc2)cc1. The number of rotatable bonds is 18. The normalized spacial score (nSPS) is 11.7. The van der Waals surface area contributed by atoms with Crippen LogP contribution in [0.5, 0.6) is 5.75 Å². The van der Waals surface area contributed by atoms with Crippen LogP contribution in [0, 0.1) is 5.92 Å². The first-order valence-electron chi connectivity index (χ1n) is 15.7. The molecular formula is C37H48O4. The zero-order valence-electron chi connectivity index (χ0n) is 25.3. The van der Waals surface area contributed by atoms with Crippen LogP contribution >= 0.6 is 0 Å². The third kappa shape index (κ3) is 11.5. The van der Waals surface area contributed by atoms with Gasteiger partial charge in [-0.2, -0.15) is 0 Å². The van der Waals surface area contributed by atoms with Gasteiger partial charge in [0, 0.05) is 0 Å². The number of unbranched alkanes of at least 4 members (excludes halogenated alkanes) is 9. The molecule has 0 amide bonds. The first-order valence-corrected chi connectivity index (χ1v) is 15.7. The first kappa shape index (κ1) is 32.1. The maximum Gasteiger partial charge on any atom is 0.343 e. The third-order valence-electron chi connectivity index (χ3n) is 7.72. The summed E-state index contributed by atoms with van der Waals surface area (Å²) in [5.41, 5.74) is 4.48. The summed E-state index contributed by atoms with van der Waals surface area (Å²) in [5, 5.41) is 0. The Morgan fingerprint density at radius 1 is 0.610 bits per heavy atom. The molecule has 1 unspecified atom stereocenters. The highest BCUT2D eigenvalue weighted by molar-refractivity contribution is 5.92. The van der Waals surface area contributed by atoms with Crippen molar-refractivity contribution in [2.24, 2.45) is 5.92 Å². The molecule has 1 atom stereocenters. The Morgan fingerprint density at radius 2 is 1.10 bits per heavy atom. The van der Waals surface area contributed by atoms with Gasteiger partial charge >= 0.3 is 11.9 Å². The Kier molecular flexibility index (Phi) is 14.2. The van der Waals surface area contributed by atoms with E-state index >= 15 is 0 Å². The summed E-state index contributed by atoms with van der Waals surface area (Å²) in [4.78, 5) is 24.8. The highest BCUT2D eigenvalue weighted by Gasteiger charge is 2.12. The molecule has 3 aromatic carbocycles. The second-order valence-electron chi connectivity index (χ2n) is 11.2. The van der Waals surface area contributed by atoms with Crippen LogP contribution in [0.25, 0.3) is 11.1 Å². The van der Waals surface area contributed by atoms with Gasteiger partial charge in [-0.15, -0.1) is 0 Å². The van der Waals surface area contributed by atoms with Gasteiger partial charge in [0.25, 0.3) is 0 Å². The molecule has 220 valence electrons. The van der Waals surface area contributed by atoms with E-state index in [1.165, 1.54) is 69.8 Å². The first-order chi connectivity index (χ1) is 20.0. The molecular weight excluding hydrogens is 508 g/mol. The fourth-order valence-electron chi connectivity index (χ4n) is 4.72. The summed E-state index contributed by atoms with van der Waals surface area (Å²) in [6, 6.07) is 22.7. The minimum absolute atomic E-state index is 0.323. The average Bonchev–Trinajstić information content (AvgIpc) is 3.01. The van der Waals surface area contributed by atoms with Gasteiger partial charge in [0.1, 0.15) is 5.75 Å². The van der Waals surface area contributed by atoms with Crippen LogP contribution in [0.2, 0.25) is 0 Å². The topological polar surface area (TPSA) is 52.6 Å². The van der Waals surface area contributed by atoms with E-state index in [-0.39, 0.29) is 5.97 Å². The standard InChI is InChI=1S/C37H48O4/c1-4-6-7-8-9-10-11-12-13-14-15-30-16-18-31(19-17-30)32-20-22-34(23-21-32)37(39)41-35-26-24-33(25-27-35)36(38)40-28-29(3)5-2/h16-27,29H,4-15,28H2,1-3H3. The van der Waals surface area contributed by atoms with Crippen LogP contribution in [0.4, 0.5) is 0 Å². The van der Waals surface area contributed by atoms with Gasteiger partial charge in [-0.05, 0) is 71.8 Å². The molecule has 0 bridgehead atoms. The second-order valence-corrected chi connectivity index (χ2v) is 11.2. The van der Waals surface area contributed by atoms with Crippen molar-refractivity contribution in [2.45, 2.75) is 97.8 Å². The van der Waals surface area contributed by atoms with Gasteiger partial charge in [-0.25, -0.2) is 9.59 Å². The van der Waals surface area contributed by atoms with Crippen molar-refractivity contribution in [3.8, 4) is 16.9 Å². The molecule has 0 N–H and O–H groups in total. The largest absolute Gasteiger partial charge is 0.462 e. The Hall–Kier alpha value is -3.40. The van der Waals surface area contributed by atoms with E-state index in [0.717, 1.165) is 24.0 Å². The monoisotopic (exact) mass is 556 g/mol. The predicted molar refractivity (Wildman–Crippen MR) is 169 cm³/mol. The molecule has 0 aromatic heterocycles. The van der Waals surface area contributed by atoms with Crippen LogP contribution in [0.3, 0.4) is 0 Å². The molecule has 0 aliphatic heterocycles. The van der Waals surface area contributed by atoms with Crippen molar-refractivity contribution in [3.05, 3.63) is 89.5 Å². The molecule has 0 saturated heterocycles. The van der Waals surface area contributed by atoms with Crippen molar-refractivity contribution in [2.75, 3.05) is 6.61 Å². The van der Waals surface area contributed by atoms with Gasteiger partial charge in [0.05, 0.1) is 17.7 Å². The molecule has 0 aliphatic carbocycles. The fourth-order valence-corrected chi connectivity index (χ4v) is 4.72. The lowest BCUT2D eigenvalue weighted by atomic mass is 10.00. The fraction of sp³-hybridized carbons (Fsp3) is 0.459. The number of benzene rings is 3. The highest BCUT2D eigenvalue weighted by Crippen LogP contribution is 2.22. The van der Waals surface area contributed by atoms with Crippen LogP contribution < -0.4 is 4.74 Å². The van der Waals surface area contributed by atoms with E-state index in [1.54, 1.807) is 36.4 Å². The maximum absolute atomic E-state index is 12.7. The molecule has 0 heterocycles. The minimum Gasteiger partial charge on any atom is -0.462 e. The lowest BCUT2D eigenvalue weighted by Gasteiger charge is -2.10. The van der Waals surface area contributed by atoms with E-state index in [1.807, 2.05) is 19.1 Å². The van der Waals surface area contributed by atoms with Crippen LogP contribution in [0.1, 0.15) is 118 Å². The van der Waals surface area contributed by atoms with Crippen LogP contribution in [-0.2, 0) is 11.2 Å². The molecule has 0 saturated carbocycles. The molecule has 3 aromatic rings. The van der Waals surface area contributed by atoms with Crippen molar-refractivity contribution in [1.29, 1.82) is 0 Å². The number of hydrogen-bond acceptors (Lipinski definition) is 4. The van der Waals surface area contributed by atoms with Gasteiger partial charge in [0.2, 0.25) is 0 Å². The molecule has 0 aliphatic rings. The van der Waals surface area contributed by atoms with Crippen molar-refractivity contribution in [3.63, 3.8) is 0 Å². The lowest BCUT2D eigenvalue weighted by Crippen LogP contribution is -2.12. The van der Waals surface area contributed by atoms with Gasteiger partial charge < -0.3 is 9.47 Å². The number of esters is 2. The molecule has 4 heteroatoms. The van der Waals surface area contributed by atoms with E-state index in [9.17, 15) is 9.59 Å². The zero-order valence-corrected chi connectivity index (χ0v) is 25.3. The van der Waals surface area contributed by atoms with E-state index in [0.29, 0.717) is 29.4 Å². The molecule has 0 radical (unpaired) electrons. The number of ether oxygens (including phenoxy) is 2. The highest BCUT2D eigenvalue weighted by atomic mass is 16.5. The Morgan fingerprint density at radius 3 is 1.66 bits per heavy atom. The summed E-state index contributed by atoms with van der Waals surface area (Å²) < 4.78 is 10.8. The van der Waals surface area contributed by atoms with Crippen molar-refractivity contribution >= 4 is 11.9 Å². The van der Waals surface area contributed by atoms with E-state index in [2.05, 4.69) is 38.1 Å². The predicted octanol–water partition coefficient (Wildman–Crippen LogP) is 10.2. The quantitative estimate of drug-likeness (QED) is 0.0888. The second kappa shape index (κ2) is 18.1. The van der Waals surface area contributed by atoms with Crippen LogP contribution in [-0.4, -0.2) is 18.5 Å². The number of carbonyl (C=O) groups excluding carboxylic acids is 2. The summed E-state index contributed by atoms with van der Waals surface area (Å²) in [7, 11) is 0. The maximum atomic E-state index is 12.7. The molecule has 4 nitrogen and oxygen atoms in total. The average molecular weight is 557 g/mol. The van der Waals surface area contributed by atoms with E-state index < -0.39 is 5.97 Å². The molecule has 0 fully saturated rings. The van der Waals surface area contributed by atoms with Crippen molar-refractivity contribution in [1.82, 2.24) is 0 Å². The Bertz CT molecular complexity index is 1160. The summed E-state index contributed by atoms with van der Waals surface area (Å²) >= 11 is 0. The number of aryl methyl sites for hydroxylation is 1.